The van der Waals surface area contributed by atoms with Crippen LogP contribution in [0.3, 0.4) is 0 Å². The molecule has 0 amide bonds. The molecule has 0 aliphatic carbocycles. The number of rotatable bonds is 2. The van der Waals surface area contributed by atoms with E-state index in [1.165, 1.54) is 13.3 Å². The summed E-state index contributed by atoms with van der Waals surface area (Å²) in [7, 11) is 1.46. The highest BCUT2D eigenvalue weighted by Crippen LogP contribution is 2.14. The zero-order valence-electron chi connectivity index (χ0n) is 7.81. The Morgan fingerprint density at radius 3 is 3.20 bits per heavy atom. The fourth-order valence-corrected chi connectivity index (χ4v) is 0.915. The van der Waals surface area contributed by atoms with Crippen molar-refractivity contribution in [1.29, 1.82) is 0 Å². The second-order valence-corrected chi connectivity index (χ2v) is 2.59. The minimum Gasteiger partial charge on any atom is -0.480 e. The van der Waals surface area contributed by atoms with Gasteiger partial charge in [0.15, 0.2) is 0 Å². The van der Waals surface area contributed by atoms with Gasteiger partial charge in [-0.3, -0.25) is 0 Å². The van der Waals surface area contributed by atoms with E-state index in [0.29, 0.717) is 11.4 Å². The van der Waals surface area contributed by atoms with Crippen molar-refractivity contribution >= 4 is 11.6 Å². The third kappa shape index (κ3) is 3.35. The molecule has 0 aromatic carbocycles. The van der Waals surface area contributed by atoms with Crippen molar-refractivity contribution < 1.29 is 4.74 Å². The van der Waals surface area contributed by atoms with Crippen LogP contribution in [0.2, 0.25) is 5.28 Å². The highest BCUT2D eigenvalue weighted by atomic mass is 35.5. The van der Waals surface area contributed by atoms with Crippen LogP contribution in [0.25, 0.3) is 10.4 Å². The van der Waals surface area contributed by atoms with Crippen LogP contribution < -0.4 is 4.74 Å². The minimum atomic E-state index is 0.0856. The Balaban J connectivity index is 2.91. The zero-order chi connectivity index (χ0) is 11.1. The Morgan fingerprint density at radius 2 is 2.53 bits per heavy atom. The highest BCUT2D eigenvalue weighted by molar-refractivity contribution is 6.28. The van der Waals surface area contributed by atoms with Gasteiger partial charge in [0.2, 0.25) is 11.2 Å². The maximum absolute atomic E-state index is 8.02. The molecule has 0 N–H and O–H groups in total. The van der Waals surface area contributed by atoms with Gasteiger partial charge in [-0.2, -0.15) is 4.98 Å². The molecule has 0 bridgehead atoms. The largest absolute Gasteiger partial charge is 0.480 e. The van der Waals surface area contributed by atoms with Gasteiger partial charge in [0.05, 0.1) is 19.9 Å². The smallest absolute Gasteiger partial charge is 0.233 e. The number of halogens is 1. The summed E-state index contributed by atoms with van der Waals surface area (Å²) in [6, 6.07) is 0. The van der Waals surface area contributed by atoms with E-state index in [1.54, 1.807) is 0 Å². The number of ether oxygens (including phenoxy) is 1. The van der Waals surface area contributed by atoms with Crippen molar-refractivity contribution in [3.8, 4) is 17.7 Å². The van der Waals surface area contributed by atoms with Crippen LogP contribution in [-0.2, 0) is 0 Å². The van der Waals surface area contributed by atoms with Crippen molar-refractivity contribution in [3.05, 3.63) is 27.5 Å². The van der Waals surface area contributed by atoms with Gasteiger partial charge in [0.25, 0.3) is 0 Å². The van der Waals surface area contributed by atoms with Crippen molar-refractivity contribution in [2.45, 2.75) is 0 Å². The molecule has 0 fully saturated rings. The third-order valence-corrected chi connectivity index (χ3v) is 1.54. The first-order valence-corrected chi connectivity index (χ1v) is 4.22. The predicted octanol–water partition coefficient (Wildman–Crippen LogP) is 1.80. The van der Waals surface area contributed by atoms with Crippen molar-refractivity contribution in [2.75, 3.05) is 13.7 Å². The minimum absolute atomic E-state index is 0.0856. The number of nitrogens with zero attached hydrogens (tertiary/aromatic N) is 5. The Bertz CT molecular complexity index is 458. The van der Waals surface area contributed by atoms with Crippen LogP contribution in [-0.4, -0.2) is 23.6 Å². The number of aromatic nitrogens is 2. The average Bonchev–Trinajstić information content (AvgIpc) is 2.26. The summed E-state index contributed by atoms with van der Waals surface area (Å²) >= 11 is 5.56. The van der Waals surface area contributed by atoms with E-state index in [1.807, 2.05) is 0 Å². The Hall–Kier alpha value is -1.96. The standard InChI is InChI=1S/C8H6ClN5O/c1-15-7-6(3-2-4-12-14-10)5-11-8(9)13-7/h5H,4H2,1H3. The van der Waals surface area contributed by atoms with E-state index in [2.05, 4.69) is 31.8 Å². The molecule has 1 aromatic heterocycles. The van der Waals surface area contributed by atoms with E-state index in [0.717, 1.165) is 0 Å². The van der Waals surface area contributed by atoms with Crippen molar-refractivity contribution in [3.63, 3.8) is 0 Å². The molecule has 0 unspecified atom stereocenters. The molecular weight excluding hydrogens is 218 g/mol. The fourth-order valence-electron chi connectivity index (χ4n) is 0.789. The van der Waals surface area contributed by atoms with Gasteiger partial charge in [-0.1, -0.05) is 17.0 Å². The number of hydrogen-bond acceptors (Lipinski definition) is 4. The van der Waals surface area contributed by atoms with Crippen LogP contribution in [0.15, 0.2) is 11.3 Å². The molecular formula is C8H6ClN5O. The van der Waals surface area contributed by atoms with Gasteiger partial charge in [-0.25, -0.2) is 4.98 Å². The molecule has 1 heterocycles. The van der Waals surface area contributed by atoms with Crippen LogP contribution in [0.4, 0.5) is 0 Å². The average molecular weight is 224 g/mol. The van der Waals surface area contributed by atoms with Crippen LogP contribution >= 0.6 is 11.6 Å². The monoisotopic (exact) mass is 223 g/mol. The van der Waals surface area contributed by atoms with Gasteiger partial charge in [0, 0.05) is 4.91 Å². The Kier molecular flexibility index (Phi) is 4.23. The van der Waals surface area contributed by atoms with Gasteiger partial charge in [0.1, 0.15) is 5.56 Å². The van der Waals surface area contributed by atoms with Crippen LogP contribution in [0.1, 0.15) is 5.56 Å². The molecule has 7 heteroatoms. The molecule has 1 rings (SSSR count). The molecule has 1 aromatic rings. The van der Waals surface area contributed by atoms with E-state index in [4.69, 9.17) is 21.9 Å². The van der Waals surface area contributed by atoms with Gasteiger partial charge in [-0.15, -0.1) is 0 Å². The molecule has 0 saturated carbocycles. The van der Waals surface area contributed by atoms with E-state index in [-0.39, 0.29) is 11.8 Å². The lowest BCUT2D eigenvalue weighted by Gasteiger charge is -2.00. The zero-order valence-corrected chi connectivity index (χ0v) is 8.56. The quantitative estimate of drug-likeness (QED) is 0.252. The molecule has 0 aliphatic heterocycles. The first-order chi connectivity index (χ1) is 7.27. The summed E-state index contributed by atoms with van der Waals surface area (Å²) in [4.78, 5) is 10.1. The molecule has 0 aliphatic rings. The topological polar surface area (TPSA) is 83.8 Å². The lowest BCUT2D eigenvalue weighted by molar-refractivity contribution is 0.395. The van der Waals surface area contributed by atoms with Gasteiger partial charge < -0.3 is 4.74 Å². The molecule has 0 radical (unpaired) electrons. The number of hydrogen-bond donors (Lipinski definition) is 0. The van der Waals surface area contributed by atoms with Crippen LogP contribution in [0.5, 0.6) is 5.88 Å². The van der Waals surface area contributed by atoms with Crippen molar-refractivity contribution in [2.24, 2.45) is 5.11 Å². The summed E-state index contributed by atoms with van der Waals surface area (Å²) < 4.78 is 4.94. The molecule has 76 valence electrons. The SMILES string of the molecule is COc1nc(Cl)ncc1C#CCN=[N+]=[N-]. The fraction of sp³-hybridized carbons (Fsp3) is 0.250. The molecule has 15 heavy (non-hydrogen) atoms. The summed E-state index contributed by atoms with van der Waals surface area (Å²) in [5.74, 6) is 5.62. The summed E-state index contributed by atoms with van der Waals surface area (Å²) in [6.07, 6.45) is 1.44. The van der Waals surface area contributed by atoms with E-state index >= 15 is 0 Å². The second-order valence-electron chi connectivity index (χ2n) is 2.25. The second kappa shape index (κ2) is 5.70. The summed E-state index contributed by atoms with van der Waals surface area (Å²) in [5.41, 5.74) is 8.52. The number of methoxy groups -OCH3 is 1. The normalized spacial score (nSPS) is 8.40. The molecule has 6 nitrogen and oxygen atoms in total. The first kappa shape index (κ1) is 11.1. The maximum atomic E-state index is 8.02. The number of azide groups is 1. The van der Waals surface area contributed by atoms with Gasteiger partial charge >= 0.3 is 0 Å². The lowest BCUT2D eigenvalue weighted by atomic mass is 10.3. The molecule has 0 saturated heterocycles. The molecule has 0 spiro atoms. The van der Waals surface area contributed by atoms with E-state index in [9.17, 15) is 0 Å². The molecule has 0 atom stereocenters. The maximum Gasteiger partial charge on any atom is 0.233 e. The third-order valence-electron chi connectivity index (χ3n) is 1.35. The van der Waals surface area contributed by atoms with Gasteiger partial charge in [-0.05, 0) is 17.1 Å². The Morgan fingerprint density at radius 1 is 1.73 bits per heavy atom. The van der Waals surface area contributed by atoms with Crippen LogP contribution in [0, 0.1) is 11.8 Å². The van der Waals surface area contributed by atoms with Crippen molar-refractivity contribution in [1.82, 2.24) is 9.97 Å². The summed E-state index contributed by atoms with van der Waals surface area (Å²) in [6.45, 7) is 0.0856. The first-order valence-electron chi connectivity index (χ1n) is 3.84. The Labute approximate surface area is 90.9 Å². The summed E-state index contributed by atoms with van der Waals surface area (Å²) in [5, 5.41) is 3.35. The highest BCUT2D eigenvalue weighted by Gasteiger charge is 2.02. The van der Waals surface area contributed by atoms with E-state index < -0.39 is 0 Å². The lowest BCUT2D eigenvalue weighted by Crippen LogP contribution is -1.94. The predicted molar refractivity (Wildman–Crippen MR) is 54.5 cm³/mol.